The van der Waals surface area contributed by atoms with Crippen molar-refractivity contribution in [2.24, 2.45) is 0 Å². The fourth-order valence-corrected chi connectivity index (χ4v) is 3.28. The van der Waals surface area contributed by atoms with Crippen molar-refractivity contribution >= 4 is 27.8 Å². The molecule has 0 aliphatic carbocycles. The number of ether oxygens (including phenoxy) is 2. The van der Waals surface area contributed by atoms with Gasteiger partial charge >= 0.3 is 0 Å². The molecule has 0 spiro atoms. The minimum absolute atomic E-state index is 0.155. The lowest BCUT2D eigenvalue weighted by atomic mass is 10.2. The third kappa shape index (κ3) is 3.69. The number of methoxy groups -OCH3 is 2. The predicted molar refractivity (Wildman–Crippen MR) is 112 cm³/mol. The highest BCUT2D eigenvalue weighted by Crippen LogP contribution is 2.34. The lowest BCUT2D eigenvalue weighted by Gasteiger charge is -2.07. The van der Waals surface area contributed by atoms with Gasteiger partial charge in [0.05, 0.1) is 38.3 Å². The van der Waals surface area contributed by atoms with Crippen LogP contribution in [0.15, 0.2) is 47.7 Å². The van der Waals surface area contributed by atoms with Crippen molar-refractivity contribution in [2.45, 2.75) is 19.5 Å². The van der Waals surface area contributed by atoms with E-state index in [0.717, 1.165) is 16.6 Å². The average molecular weight is 407 g/mol. The minimum atomic E-state index is -0.244. The van der Waals surface area contributed by atoms with Crippen molar-refractivity contribution in [1.82, 2.24) is 24.8 Å². The van der Waals surface area contributed by atoms with Gasteiger partial charge in [0.2, 0.25) is 5.91 Å². The standard InChI is InChI=1S/C21H21N5O4/c1-29-16-9-14-15(10-17(16)30-2)25-20-19(14)24-12-26(21(20)28)8-6-18(27)23-11-13-5-3-4-7-22-13/h3-5,7,9-10,12,25H,6,8,11H2,1-2H3,(H,23,27). The fraction of sp³-hybridized carbons (Fsp3) is 0.238. The van der Waals surface area contributed by atoms with E-state index in [2.05, 4.69) is 20.3 Å². The zero-order valence-electron chi connectivity index (χ0n) is 16.6. The fourth-order valence-electron chi connectivity index (χ4n) is 3.28. The van der Waals surface area contributed by atoms with E-state index in [1.807, 2.05) is 18.2 Å². The van der Waals surface area contributed by atoms with E-state index in [1.54, 1.807) is 32.5 Å². The third-order valence-electron chi connectivity index (χ3n) is 4.85. The highest BCUT2D eigenvalue weighted by Gasteiger charge is 2.15. The molecule has 1 aromatic carbocycles. The van der Waals surface area contributed by atoms with Gasteiger partial charge in [-0.3, -0.25) is 19.1 Å². The Morgan fingerprint density at radius 2 is 1.97 bits per heavy atom. The van der Waals surface area contributed by atoms with Crippen LogP contribution in [0.5, 0.6) is 11.5 Å². The zero-order valence-corrected chi connectivity index (χ0v) is 16.6. The number of pyridine rings is 1. The molecule has 3 aromatic heterocycles. The van der Waals surface area contributed by atoms with Gasteiger partial charge in [-0.05, 0) is 18.2 Å². The molecule has 0 saturated carbocycles. The first-order valence-electron chi connectivity index (χ1n) is 9.40. The number of nitrogens with one attached hydrogen (secondary N) is 2. The number of amides is 1. The number of carbonyl (C=O) groups excluding carboxylic acids is 1. The average Bonchev–Trinajstić information content (AvgIpc) is 3.15. The Balaban J connectivity index is 1.53. The smallest absolute Gasteiger partial charge is 0.277 e. The topological polar surface area (TPSA) is 111 Å². The Kier molecular flexibility index (Phi) is 5.34. The van der Waals surface area contributed by atoms with Gasteiger partial charge in [0, 0.05) is 30.6 Å². The maximum absolute atomic E-state index is 12.9. The monoisotopic (exact) mass is 407 g/mol. The van der Waals surface area contributed by atoms with Crippen LogP contribution >= 0.6 is 0 Å². The van der Waals surface area contributed by atoms with Crippen LogP contribution in [0, 0.1) is 0 Å². The van der Waals surface area contributed by atoms with Gasteiger partial charge in [0.15, 0.2) is 11.5 Å². The van der Waals surface area contributed by atoms with E-state index in [0.29, 0.717) is 29.1 Å². The van der Waals surface area contributed by atoms with E-state index < -0.39 is 0 Å². The van der Waals surface area contributed by atoms with E-state index in [4.69, 9.17) is 9.47 Å². The second-order valence-corrected chi connectivity index (χ2v) is 6.69. The number of hydrogen-bond acceptors (Lipinski definition) is 6. The van der Waals surface area contributed by atoms with E-state index in [-0.39, 0.29) is 24.4 Å². The van der Waals surface area contributed by atoms with Crippen LogP contribution in [-0.2, 0) is 17.9 Å². The van der Waals surface area contributed by atoms with Crippen LogP contribution < -0.4 is 20.3 Å². The SMILES string of the molecule is COc1cc2[nH]c3c(=O)n(CCC(=O)NCc4ccccn4)cnc3c2cc1OC. The Hall–Kier alpha value is -3.88. The van der Waals surface area contributed by atoms with Crippen LogP contribution in [0.25, 0.3) is 21.9 Å². The first kappa shape index (κ1) is 19.4. The summed E-state index contributed by atoms with van der Waals surface area (Å²) in [6.45, 7) is 0.565. The predicted octanol–water partition coefficient (Wildman–Crippen LogP) is 2.00. The third-order valence-corrected chi connectivity index (χ3v) is 4.85. The zero-order chi connectivity index (χ0) is 21.1. The Labute approximate surface area is 171 Å². The summed E-state index contributed by atoms with van der Waals surface area (Å²) in [5, 5.41) is 3.56. The number of aromatic nitrogens is 4. The molecule has 0 aliphatic heterocycles. The molecule has 3 heterocycles. The molecule has 2 N–H and O–H groups in total. The molecule has 0 unspecified atom stereocenters. The van der Waals surface area contributed by atoms with Gasteiger partial charge in [0.1, 0.15) is 11.0 Å². The number of fused-ring (bicyclic) bond motifs is 3. The molecular weight excluding hydrogens is 386 g/mol. The van der Waals surface area contributed by atoms with Gasteiger partial charge < -0.3 is 19.8 Å². The highest BCUT2D eigenvalue weighted by molar-refractivity contribution is 6.05. The number of aryl methyl sites for hydroxylation is 1. The number of carbonyl (C=O) groups is 1. The van der Waals surface area contributed by atoms with Crippen LogP contribution in [0.4, 0.5) is 0 Å². The molecule has 0 bridgehead atoms. The largest absolute Gasteiger partial charge is 0.493 e. The van der Waals surface area contributed by atoms with Gasteiger partial charge in [-0.1, -0.05) is 6.07 Å². The molecule has 4 aromatic rings. The Morgan fingerprint density at radius 1 is 1.17 bits per heavy atom. The molecule has 154 valence electrons. The van der Waals surface area contributed by atoms with Gasteiger partial charge in [0.25, 0.3) is 5.56 Å². The molecule has 0 saturated heterocycles. The molecule has 1 amide bonds. The van der Waals surface area contributed by atoms with E-state index >= 15 is 0 Å². The first-order chi connectivity index (χ1) is 14.6. The highest BCUT2D eigenvalue weighted by atomic mass is 16.5. The summed E-state index contributed by atoms with van der Waals surface area (Å²) in [5.74, 6) is 0.946. The van der Waals surface area contributed by atoms with Gasteiger partial charge in [-0.25, -0.2) is 4.98 Å². The van der Waals surface area contributed by atoms with Crippen molar-refractivity contribution in [3.05, 3.63) is 58.9 Å². The van der Waals surface area contributed by atoms with Crippen LogP contribution in [0.3, 0.4) is 0 Å². The van der Waals surface area contributed by atoms with Crippen LogP contribution in [0.2, 0.25) is 0 Å². The molecule has 0 aliphatic rings. The molecule has 4 rings (SSSR count). The summed E-state index contributed by atoms with van der Waals surface area (Å²) >= 11 is 0. The minimum Gasteiger partial charge on any atom is -0.493 e. The van der Waals surface area contributed by atoms with E-state index in [9.17, 15) is 9.59 Å². The normalized spacial score (nSPS) is 11.0. The summed E-state index contributed by atoms with van der Waals surface area (Å²) in [6.07, 6.45) is 3.29. The summed E-state index contributed by atoms with van der Waals surface area (Å²) in [6, 6.07) is 9.07. The van der Waals surface area contributed by atoms with Crippen molar-refractivity contribution in [3.8, 4) is 11.5 Å². The first-order valence-corrected chi connectivity index (χ1v) is 9.40. The summed E-state index contributed by atoms with van der Waals surface area (Å²) in [4.78, 5) is 36.7. The Morgan fingerprint density at radius 3 is 2.70 bits per heavy atom. The van der Waals surface area contributed by atoms with Crippen LogP contribution in [0.1, 0.15) is 12.1 Å². The van der Waals surface area contributed by atoms with Crippen LogP contribution in [-0.4, -0.2) is 39.6 Å². The van der Waals surface area contributed by atoms with Crippen molar-refractivity contribution in [3.63, 3.8) is 0 Å². The maximum Gasteiger partial charge on any atom is 0.277 e. The van der Waals surface area contributed by atoms with Crippen molar-refractivity contribution in [2.75, 3.05) is 14.2 Å². The van der Waals surface area contributed by atoms with Gasteiger partial charge in [-0.15, -0.1) is 0 Å². The molecule has 9 nitrogen and oxygen atoms in total. The lowest BCUT2D eigenvalue weighted by molar-refractivity contribution is -0.121. The van der Waals surface area contributed by atoms with Gasteiger partial charge in [-0.2, -0.15) is 0 Å². The number of nitrogens with zero attached hydrogens (tertiary/aromatic N) is 3. The van der Waals surface area contributed by atoms with E-state index in [1.165, 1.54) is 10.9 Å². The molecule has 0 fully saturated rings. The number of rotatable bonds is 7. The molecule has 0 radical (unpaired) electrons. The summed E-state index contributed by atoms with van der Waals surface area (Å²) < 4.78 is 12.1. The summed E-state index contributed by atoms with van der Waals surface area (Å²) in [7, 11) is 3.11. The molecule has 30 heavy (non-hydrogen) atoms. The second kappa shape index (κ2) is 8.24. The number of hydrogen-bond donors (Lipinski definition) is 2. The maximum atomic E-state index is 12.9. The quantitative estimate of drug-likeness (QED) is 0.485. The Bertz CT molecular complexity index is 1260. The molecular formula is C21H21N5O4. The van der Waals surface area contributed by atoms with Crippen molar-refractivity contribution in [1.29, 1.82) is 0 Å². The number of benzene rings is 1. The lowest BCUT2D eigenvalue weighted by Crippen LogP contribution is -2.27. The number of H-pyrrole nitrogens is 1. The number of aromatic amines is 1. The second-order valence-electron chi connectivity index (χ2n) is 6.69. The summed E-state index contributed by atoms with van der Waals surface area (Å²) in [5.41, 5.74) is 2.17. The molecule has 9 heteroatoms. The van der Waals surface area contributed by atoms with Crippen molar-refractivity contribution < 1.29 is 14.3 Å². The molecule has 0 atom stereocenters.